The van der Waals surface area contributed by atoms with Crippen LogP contribution in [-0.4, -0.2) is 68.3 Å². The zero-order valence-electron chi connectivity index (χ0n) is 14.6. The summed E-state index contributed by atoms with van der Waals surface area (Å²) in [6, 6.07) is 3.32. The first-order valence-corrected chi connectivity index (χ1v) is 8.33. The van der Waals surface area contributed by atoms with E-state index in [1.54, 1.807) is 12.1 Å². The Morgan fingerprint density at radius 2 is 2.19 bits per heavy atom. The summed E-state index contributed by atoms with van der Waals surface area (Å²) in [5, 5.41) is 3.07. The van der Waals surface area contributed by atoms with Crippen LogP contribution in [0.4, 0.5) is 8.78 Å². The second kappa shape index (κ2) is 13.0. The Balaban J connectivity index is 0.00000338. The van der Waals surface area contributed by atoms with E-state index >= 15 is 0 Å². The topological polar surface area (TPSA) is 85.0 Å². The first-order chi connectivity index (χ1) is 12.1. The number of alkyl halides is 2. The van der Waals surface area contributed by atoms with Crippen molar-refractivity contribution >= 4 is 29.9 Å². The lowest BCUT2D eigenvalue weighted by Crippen LogP contribution is -2.39. The SMILES string of the molecule is I.NC(=NCc1ccnc(OCC(F)F)c1)NCCCN1CCOCC1. The Morgan fingerprint density at radius 3 is 2.92 bits per heavy atom. The molecule has 1 aliphatic rings. The van der Waals surface area contributed by atoms with Crippen molar-refractivity contribution in [3.05, 3.63) is 23.9 Å². The first-order valence-electron chi connectivity index (χ1n) is 8.33. The van der Waals surface area contributed by atoms with Gasteiger partial charge in [0.1, 0.15) is 0 Å². The number of aromatic nitrogens is 1. The molecule has 7 nitrogen and oxygen atoms in total. The van der Waals surface area contributed by atoms with E-state index in [2.05, 4.69) is 20.2 Å². The number of morpholine rings is 1. The zero-order valence-corrected chi connectivity index (χ0v) is 16.9. The second-order valence-corrected chi connectivity index (χ2v) is 5.64. The molecule has 0 aromatic carbocycles. The van der Waals surface area contributed by atoms with Crippen molar-refractivity contribution in [2.45, 2.75) is 19.4 Å². The van der Waals surface area contributed by atoms with Gasteiger partial charge >= 0.3 is 0 Å². The van der Waals surface area contributed by atoms with Gasteiger partial charge in [0.25, 0.3) is 6.43 Å². The van der Waals surface area contributed by atoms with Crippen LogP contribution in [0, 0.1) is 0 Å². The van der Waals surface area contributed by atoms with Crippen molar-refractivity contribution in [1.82, 2.24) is 15.2 Å². The summed E-state index contributed by atoms with van der Waals surface area (Å²) in [6.07, 6.45) is -0.0601. The molecule has 0 atom stereocenters. The van der Waals surface area contributed by atoms with Crippen molar-refractivity contribution in [2.24, 2.45) is 10.7 Å². The van der Waals surface area contributed by atoms with Crippen LogP contribution in [-0.2, 0) is 11.3 Å². The van der Waals surface area contributed by atoms with E-state index in [4.69, 9.17) is 15.2 Å². The summed E-state index contributed by atoms with van der Waals surface area (Å²) < 4.78 is 34.5. The van der Waals surface area contributed by atoms with Gasteiger partial charge in [-0.25, -0.2) is 18.8 Å². The summed E-state index contributed by atoms with van der Waals surface area (Å²) in [5.74, 6) is 0.513. The fourth-order valence-corrected chi connectivity index (χ4v) is 2.35. The average Bonchev–Trinajstić information content (AvgIpc) is 2.63. The molecule has 10 heteroatoms. The van der Waals surface area contributed by atoms with Gasteiger partial charge in [-0.1, -0.05) is 0 Å². The van der Waals surface area contributed by atoms with Crippen molar-refractivity contribution in [3.8, 4) is 5.88 Å². The van der Waals surface area contributed by atoms with Crippen LogP contribution in [0.1, 0.15) is 12.0 Å². The number of ether oxygens (including phenoxy) is 2. The predicted molar refractivity (Wildman–Crippen MR) is 106 cm³/mol. The third-order valence-corrected chi connectivity index (χ3v) is 3.65. The Bertz CT molecular complexity index is 545. The standard InChI is InChI=1S/C16H25F2N5O2.HI/c17-14(18)12-25-15-10-13(2-4-20-15)11-22-16(19)21-3-1-5-23-6-8-24-9-7-23;/h2,4,10,14H,1,3,5-9,11-12H2,(H3,19,21,22);1H. The Kier molecular flexibility index (Phi) is 11.4. The lowest BCUT2D eigenvalue weighted by atomic mass is 10.3. The quantitative estimate of drug-likeness (QED) is 0.239. The van der Waals surface area contributed by atoms with E-state index in [1.807, 2.05) is 0 Å². The van der Waals surface area contributed by atoms with Crippen molar-refractivity contribution < 1.29 is 18.3 Å². The lowest BCUT2D eigenvalue weighted by Gasteiger charge is -2.26. The molecule has 0 bridgehead atoms. The smallest absolute Gasteiger partial charge is 0.272 e. The highest BCUT2D eigenvalue weighted by Crippen LogP contribution is 2.11. The minimum absolute atomic E-state index is 0. The molecule has 1 fully saturated rings. The molecule has 0 aliphatic carbocycles. The normalized spacial score (nSPS) is 15.6. The number of nitrogens with two attached hydrogens (primary N) is 1. The number of pyridine rings is 1. The molecule has 1 saturated heterocycles. The Hall–Kier alpha value is -1.27. The molecule has 0 amide bonds. The van der Waals surface area contributed by atoms with E-state index in [0.29, 0.717) is 12.5 Å². The molecular weight excluding hydrogens is 459 g/mol. The van der Waals surface area contributed by atoms with Gasteiger partial charge in [-0.15, -0.1) is 24.0 Å². The molecule has 26 heavy (non-hydrogen) atoms. The van der Waals surface area contributed by atoms with Gasteiger partial charge in [-0.05, 0) is 24.6 Å². The fourth-order valence-electron chi connectivity index (χ4n) is 2.35. The molecule has 2 heterocycles. The lowest BCUT2D eigenvalue weighted by molar-refractivity contribution is 0.0376. The summed E-state index contributed by atoms with van der Waals surface area (Å²) in [6.45, 7) is 4.94. The highest BCUT2D eigenvalue weighted by molar-refractivity contribution is 14.0. The highest BCUT2D eigenvalue weighted by atomic mass is 127. The molecule has 148 valence electrons. The monoisotopic (exact) mass is 485 g/mol. The first kappa shape index (κ1) is 22.8. The number of halogens is 3. The van der Waals surface area contributed by atoms with Gasteiger partial charge in [0, 0.05) is 31.9 Å². The summed E-state index contributed by atoms with van der Waals surface area (Å²) in [7, 11) is 0. The number of hydrogen-bond acceptors (Lipinski definition) is 5. The molecule has 0 unspecified atom stereocenters. The van der Waals surface area contributed by atoms with Crippen LogP contribution in [0.5, 0.6) is 5.88 Å². The number of rotatable bonds is 9. The summed E-state index contributed by atoms with van der Waals surface area (Å²) >= 11 is 0. The number of aliphatic imine (C=N–C) groups is 1. The van der Waals surface area contributed by atoms with Gasteiger partial charge < -0.3 is 20.5 Å². The van der Waals surface area contributed by atoms with Crippen molar-refractivity contribution in [1.29, 1.82) is 0 Å². The van der Waals surface area contributed by atoms with Crippen LogP contribution >= 0.6 is 24.0 Å². The number of hydrogen-bond donors (Lipinski definition) is 2. The highest BCUT2D eigenvalue weighted by Gasteiger charge is 2.09. The maximum Gasteiger partial charge on any atom is 0.272 e. The van der Waals surface area contributed by atoms with E-state index in [1.165, 1.54) is 6.20 Å². The Morgan fingerprint density at radius 1 is 1.42 bits per heavy atom. The molecule has 1 aromatic heterocycles. The minimum atomic E-state index is -2.53. The summed E-state index contributed by atoms with van der Waals surface area (Å²) in [4.78, 5) is 10.5. The Labute approximate surface area is 169 Å². The summed E-state index contributed by atoms with van der Waals surface area (Å²) in [5.41, 5.74) is 6.63. The average molecular weight is 485 g/mol. The van der Waals surface area contributed by atoms with Crippen LogP contribution in [0.25, 0.3) is 0 Å². The van der Waals surface area contributed by atoms with Gasteiger partial charge in [0.2, 0.25) is 5.88 Å². The van der Waals surface area contributed by atoms with Crippen molar-refractivity contribution in [3.63, 3.8) is 0 Å². The van der Waals surface area contributed by atoms with E-state index < -0.39 is 13.0 Å². The fraction of sp³-hybridized carbons (Fsp3) is 0.625. The molecule has 1 aromatic rings. The molecule has 3 N–H and O–H groups in total. The van der Waals surface area contributed by atoms with Gasteiger partial charge in [-0.3, -0.25) is 4.90 Å². The van der Waals surface area contributed by atoms with Crippen LogP contribution in [0.3, 0.4) is 0 Å². The molecule has 0 saturated carbocycles. The number of nitrogens with one attached hydrogen (secondary N) is 1. The third-order valence-electron chi connectivity index (χ3n) is 3.65. The molecular formula is C16H26F2IN5O2. The minimum Gasteiger partial charge on any atom is -0.472 e. The van der Waals surface area contributed by atoms with Crippen LogP contribution < -0.4 is 15.8 Å². The van der Waals surface area contributed by atoms with Gasteiger partial charge in [-0.2, -0.15) is 0 Å². The predicted octanol–water partition coefficient (Wildman–Crippen LogP) is 1.47. The molecule has 0 radical (unpaired) electrons. The van der Waals surface area contributed by atoms with Crippen LogP contribution in [0.2, 0.25) is 0 Å². The number of guanidine groups is 1. The number of nitrogens with zero attached hydrogens (tertiary/aromatic N) is 3. The van der Waals surface area contributed by atoms with Gasteiger partial charge in [0.05, 0.1) is 19.8 Å². The van der Waals surface area contributed by atoms with Crippen LogP contribution in [0.15, 0.2) is 23.3 Å². The zero-order chi connectivity index (χ0) is 17.9. The molecule has 0 spiro atoms. The van der Waals surface area contributed by atoms with Crippen molar-refractivity contribution in [2.75, 3.05) is 46.0 Å². The molecule has 1 aliphatic heterocycles. The molecule has 2 rings (SSSR count). The maximum absolute atomic E-state index is 12.1. The van der Waals surface area contributed by atoms with E-state index in [9.17, 15) is 8.78 Å². The maximum atomic E-state index is 12.1. The van der Waals surface area contributed by atoms with E-state index in [0.717, 1.165) is 51.4 Å². The third kappa shape index (κ3) is 9.43. The van der Waals surface area contributed by atoms with Gasteiger partial charge in [0.15, 0.2) is 12.6 Å². The van der Waals surface area contributed by atoms with E-state index in [-0.39, 0.29) is 29.9 Å². The largest absolute Gasteiger partial charge is 0.472 e. The second-order valence-electron chi connectivity index (χ2n) is 5.64.